The van der Waals surface area contributed by atoms with Crippen LogP contribution in [-0.4, -0.2) is 16.4 Å². The minimum Gasteiger partial charge on any atom is -0.384 e. The Hall–Kier alpha value is -3.86. The molecule has 0 saturated heterocycles. The second-order valence-corrected chi connectivity index (χ2v) is 7.49. The van der Waals surface area contributed by atoms with Crippen molar-refractivity contribution in [3.63, 3.8) is 0 Å². The summed E-state index contributed by atoms with van der Waals surface area (Å²) in [6.07, 6.45) is 0. The lowest BCUT2D eigenvalue weighted by atomic mass is 10.1. The summed E-state index contributed by atoms with van der Waals surface area (Å²) in [5, 5.41) is 3.59. The normalized spacial score (nSPS) is 10.9. The molecule has 3 aromatic carbocycles. The van der Waals surface area contributed by atoms with E-state index in [1.807, 2.05) is 69.3 Å². The standard InChI is InChI=1S/C25H23N3O2/c1-15-11-13-18(14-12-15)25(30)28-21-10-5-4-8-19(21)22(23(28)26)24(29)27-20-9-6-7-16(2)17(20)3/h4-14H,26H2,1-3H3,(H,27,29). The van der Waals surface area contributed by atoms with Gasteiger partial charge in [0.1, 0.15) is 5.82 Å². The van der Waals surface area contributed by atoms with Crippen molar-refractivity contribution in [2.24, 2.45) is 0 Å². The minimum atomic E-state index is -0.340. The first-order valence-corrected chi connectivity index (χ1v) is 9.76. The highest BCUT2D eigenvalue weighted by Crippen LogP contribution is 2.30. The van der Waals surface area contributed by atoms with E-state index in [0.29, 0.717) is 22.0 Å². The fourth-order valence-electron chi connectivity index (χ4n) is 3.61. The molecule has 0 aliphatic rings. The SMILES string of the molecule is Cc1ccc(C(=O)n2c(N)c(C(=O)Nc3cccc(C)c3C)c3ccccc32)cc1. The number of amides is 1. The number of aryl methyl sites for hydroxylation is 2. The van der Waals surface area contributed by atoms with Crippen LogP contribution in [0.25, 0.3) is 10.9 Å². The fraction of sp³-hybridized carbons (Fsp3) is 0.120. The Morgan fingerprint density at radius 2 is 1.57 bits per heavy atom. The van der Waals surface area contributed by atoms with E-state index in [1.54, 1.807) is 18.2 Å². The summed E-state index contributed by atoms with van der Waals surface area (Å²) < 4.78 is 1.41. The number of hydrogen-bond donors (Lipinski definition) is 2. The topological polar surface area (TPSA) is 77.1 Å². The van der Waals surface area contributed by atoms with Crippen LogP contribution in [0.5, 0.6) is 0 Å². The van der Waals surface area contributed by atoms with Crippen molar-refractivity contribution in [2.45, 2.75) is 20.8 Å². The summed E-state index contributed by atoms with van der Waals surface area (Å²) in [6.45, 7) is 5.91. The highest BCUT2D eigenvalue weighted by Gasteiger charge is 2.25. The number of nitrogens with two attached hydrogens (primary N) is 1. The van der Waals surface area contributed by atoms with Crippen LogP contribution in [0.3, 0.4) is 0 Å². The van der Waals surface area contributed by atoms with Crippen LogP contribution in [0.2, 0.25) is 0 Å². The Morgan fingerprint density at radius 3 is 2.30 bits per heavy atom. The van der Waals surface area contributed by atoms with Gasteiger partial charge in [-0.3, -0.25) is 14.2 Å². The molecule has 0 atom stereocenters. The van der Waals surface area contributed by atoms with Crippen molar-refractivity contribution in [1.29, 1.82) is 0 Å². The predicted molar refractivity (Wildman–Crippen MR) is 121 cm³/mol. The van der Waals surface area contributed by atoms with E-state index in [9.17, 15) is 9.59 Å². The van der Waals surface area contributed by atoms with Crippen molar-refractivity contribution in [3.8, 4) is 0 Å². The van der Waals surface area contributed by atoms with E-state index in [0.717, 1.165) is 22.4 Å². The lowest BCUT2D eigenvalue weighted by Gasteiger charge is -2.11. The van der Waals surface area contributed by atoms with Crippen molar-refractivity contribution >= 4 is 34.2 Å². The summed E-state index contributed by atoms with van der Waals surface area (Å²) in [6, 6.07) is 20.3. The van der Waals surface area contributed by atoms with Gasteiger partial charge in [-0.25, -0.2) is 0 Å². The van der Waals surface area contributed by atoms with Crippen LogP contribution in [0.1, 0.15) is 37.4 Å². The molecule has 0 spiro atoms. The van der Waals surface area contributed by atoms with Crippen LogP contribution in [0, 0.1) is 20.8 Å². The van der Waals surface area contributed by atoms with E-state index in [4.69, 9.17) is 5.73 Å². The molecule has 4 rings (SSSR count). The minimum absolute atomic E-state index is 0.129. The highest BCUT2D eigenvalue weighted by atomic mass is 16.2. The maximum Gasteiger partial charge on any atom is 0.263 e. The zero-order chi connectivity index (χ0) is 21.4. The van der Waals surface area contributed by atoms with E-state index in [-0.39, 0.29) is 17.6 Å². The van der Waals surface area contributed by atoms with Crippen molar-refractivity contribution in [3.05, 3.63) is 94.5 Å². The van der Waals surface area contributed by atoms with Gasteiger partial charge in [0, 0.05) is 16.6 Å². The fourth-order valence-corrected chi connectivity index (χ4v) is 3.61. The average Bonchev–Trinajstić information content (AvgIpc) is 3.03. The maximum absolute atomic E-state index is 13.2. The number of hydrogen-bond acceptors (Lipinski definition) is 3. The molecule has 0 radical (unpaired) electrons. The summed E-state index contributed by atoms with van der Waals surface area (Å²) in [4.78, 5) is 26.5. The third-order valence-corrected chi connectivity index (χ3v) is 5.49. The lowest BCUT2D eigenvalue weighted by molar-refractivity contribution is 0.0967. The van der Waals surface area contributed by atoms with Gasteiger partial charge in [-0.1, -0.05) is 48.0 Å². The largest absolute Gasteiger partial charge is 0.384 e. The molecule has 0 aliphatic heterocycles. The van der Waals surface area contributed by atoms with Crippen LogP contribution >= 0.6 is 0 Å². The third kappa shape index (κ3) is 3.24. The van der Waals surface area contributed by atoms with E-state index >= 15 is 0 Å². The maximum atomic E-state index is 13.2. The van der Waals surface area contributed by atoms with E-state index in [2.05, 4.69) is 5.32 Å². The number of nitrogens with one attached hydrogen (secondary N) is 1. The summed E-state index contributed by atoms with van der Waals surface area (Å²) >= 11 is 0. The highest BCUT2D eigenvalue weighted by molar-refractivity contribution is 6.20. The van der Waals surface area contributed by atoms with Gasteiger partial charge in [-0.15, -0.1) is 0 Å². The Balaban J connectivity index is 1.82. The molecule has 30 heavy (non-hydrogen) atoms. The summed E-state index contributed by atoms with van der Waals surface area (Å²) in [5.74, 6) is -0.480. The van der Waals surface area contributed by atoms with Gasteiger partial charge in [0.2, 0.25) is 0 Å². The molecule has 1 amide bonds. The van der Waals surface area contributed by atoms with Crippen LogP contribution in [0.15, 0.2) is 66.7 Å². The number of fused-ring (bicyclic) bond motifs is 1. The molecular weight excluding hydrogens is 374 g/mol. The molecular formula is C25H23N3O2. The Labute approximate surface area is 175 Å². The van der Waals surface area contributed by atoms with Crippen LogP contribution < -0.4 is 11.1 Å². The molecule has 0 fully saturated rings. The average molecular weight is 397 g/mol. The lowest BCUT2D eigenvalue weighted by Crippen LogP contribution is -2.18. The second-order valence-electron chi connectivity index (χ2n) is 7.49. The second kappa shape index (κ2) is 7.52. The molecule has 1 aromatic heterocycles. The molecule has 5 heteroatoms. The smallest absolute Gasteiger partial charge is 0.263 e. The van der Waals surface area contributed by atoms with Crippen LogP contribution in [-0.2, 0) is 0 Å². The third-order valence-electron chi connectivity index (χ3n) is 5.49. The zero-order valence-corrected chi connectivity index (χ0v) is 17.2. The monoisotopic (exact) mass is 397 g/mol. The predicted octanol–water partition coefficient (Wildman–Crippen LogP) is 5.09. The molecule has 1 heterocycles. The van der Waals surface area contributed by atoms with Gasteiger partial charge in [-0.05, 0) is 56.2 Å². The quantitative estimate of drug-likeness (QED) is 0.505. The van der Waals surface area contributed by atoms with Crippen molar-refractivity contribution in [1.82, 2.24) is 4.57 Å². The number of rotatable bonds is 3. The van der Waals surface area contributed by atoms with Crippen LogP contribution in [0.4, 0.5) is 11.5 Å². The number of carbonyl (C=O) groups excluding carboxylic acids is 2. The molecule has 3 N–H and O–H groups in total. The molecule has 0 aliphatic carbocycles. The Bertz CT molecular complexity index is 1280. The number of nitrogen functional groups attached to an aromatic ring is 1. The van der Waals surface area contributed by atoms with E-state index < -0.39 is 0 Å². The number of anilines is 2. The number of aromatic nitrogens is 1. The zero-order valence-electron chi connectivity index (χ0n) is 17.2. The molecule has 5 nitrogen and oxygen atoms in total. The van der Waals surface area contributed by atoms with Gasteiger partial charge >= 0.3 is 0 Å². The van der Waals surface area contributed by atoms with Crippen molar-refractivity contribution in [2.75, 3.05) is 11.1 Å². The molecule has 4 aromatic rings. The Kier molecular flexibility index (Phi) is 4.88. The van der Waals surface area contributed by atoms with Gasteiger partial charge in [-0.2, -0.15) is 0 Å². The van der Waals surface area contributed by atoms with Gasteiger partial charge < -0.3 is 11.1 Å². The molecule has 0 bridgehead atoms. The number of para-hydroxylation sites is 1. The molecule has 0 saturated carbocycles. The molecule has 150 valence electrons. The molecule has 0 unspecified atom stereocenters. The van der Waals surface area contributed by atoms with Gasteiger partial charge in [0.05, 0.1) is 11.1 Å². The Morgan fingerprint density at radius 1 is 0.867 bits per heavy atom. The number of benzene rings is 3. The van der Waals surface area contributed by atoms with Crippen molar-refractivity contribution < 1.29 is 9.59 Å². The van der Waals surface area contributed by atoms with Gasteiger partial charge in [0.15, 0.2) is 0 Å². The first-order valence-electron chi connectivity index (χ1n) is 9.76. The van der Waals surface area contributed by atoms with Gasteiger partial charge in [0.25, 0.3) is 11.8 Å². The first-order chi connectivity index (χ1) is 14.4. The first kappa shape index (κ1) is 19.5. The number of nitrogens with zero attached hydrogens (tertiary/aromatic N) is 1. The summed E-state index contributed by atoms with van der Waals surface area (Å²) in [5.41, 5.74) is 11.7. The number of carbonyl (C=O) groups is 2. The van der Waals surface area contributed by atoms with E-state index in [1.165, 1.54) is 4.57 Å². The summed E-state index contributed by atoms with van der Waals surface area (Å²) in [7, 11) is 0.